The summed E-state index contributed by atoms with van der Waals surface area (Å²) in [6.07, 6.45) is 8.24. The molecule has 3 rings (SSSR count). The van der Waals surface area contributed by atoms with Crippen molar-refractivity contribution in [3.05, 3.63) is 34.2 Å². The van der Waals surface area contributed by atoms with Crippen LogP contribution in [0.3, 0.4) is 0 Å². The van der Waals surface area contributed by atoms with Gasteiger partial charge in [-0.15, -0.1) is 0 Å². The Labute approximate surface area is 134 Å². The maximum atomic E-state index is 9.21. The summed E-state index contributed by atoms with van der Waals surface area (Å²) in [4.78, 5) is 7.02. The van der Waals surface area contributed by atoms with Gasteiger partial charge in [0.1, 0.15) is 0 Å². The molecule has 2 aromatic rings. The molecule has 0 aromatic carbocycles. The highest BCUT2D eigenvalue weighted by molar-refractivity contribution is 6.36. The van der Waals surface area contributed by atoms with E-state index in [0.29, 0.717) is 16.1 Å². The molecule has 1 unspecified atom stereocenters. The third kappa shape index (κ3) is 3.34. The number of rotatable bonds is 4. The average Bonchev–Trinajstić information content (AvgIpc) is 2.84. The molecular weight excluding hydrogens is 309 g/mol. The van der Waals surface area contributed by atoms with E-state index in [2.05, 4.69) is 9.88 Å². The molecule has 1 atom stereocenters. The number of hydrogen-bond donors (Lipinski definition) is 1. The Bertz CT molecular complexity index is 627. The fraction of sp³-hybridized carbons (Fsp3) is 0.533. The molecule has 1 N–H and O–H groups in total. The minimum absolute atomic E-state index is 0.244. The molecule has 21 heavy (non-hydrogen) atoms. The first-order valence-corrected chi connectivity index (χ1v) is 8.10. The average molecular weight is 328 g/mol. The van der Waals surface area contributed by atoms with Crippen LogP contribution in [0.4, 0.5) is 0 Å². The van der Waals surface area contributed by atoms with Crippen LogP contribution < -0.4 is 0 Å². The topological polar surface area (TPSA) is 40.8 Å². The number of pyridine rings is 1. The molecule has 1 fully saturated rings. The van der Waals surface area contributed by atoms with Crippen molar-refractivity contribution in [2.45, 2.75) is 38.3 Å². The molecule has 0 aliphatic carbocycles. The fourth-order valence-corrected chi connectivity index (χ4v) is 3.63. The summed E-state index contributed by atoms with van der Waals surface area (Å²) in [5.74, 6) is 0. The molecule has 1 aliphatic rings. The zero-order valence-corrected chi connectivity index (χ0v) is 13.3. The number of nitrogens with zero attached hydrogens (tertiary/aromatic N) is 3. The molecule has 114 valence electrons. The number of fused-ring (bicyclic) bond motifs is 1. The van der Waals surface area contributed by atoms with Crippen LogP contribution in [0.5, 0.6) is 0 Å². The van der Waals surface area contributed by atoms with Gasteiger partial charge in [0.15, 0.2) is 5.65 Å². The molecule has 1 aliphatic heterocycles. The van der Waals surface area contributed by atoms with E-state index in [1.807, 2.05) is 16.8 Å². The summed E-state index contributed by atoms with van der Waals surface area (Å²) in [5.41, 5.74) is 1.73. The zero-order chi connectivity index (χ0) is 14.8. The standard InChI is InChI=1S/C15H19Cl2N3O/c16-11-7-14(17)15-18-12(10-20(15)8-11)9-19-5-2-1-3-13(19)4-6-21/h7-8,10,13,21H,1-6,9H2. The molecule has 0 saturated carbocycles. The van der Waals surface area contributed by atoms with Crippen molar-refractivity contribution in [1.29, 1.82) is 0 Å². The van der Waals surface area contributed by atoms with E-state index in [4.69, 9.17) is 23.2 Å². The first kappa shape index (κ1) is 15.1. The van der Waals surface area contributed by atoms with Crippen molar-refractivity contribution in [2.24, 2.45) is 0 Å². The van der Waals surface area contributed by atoms with E-state index >= 15 is 0 Å². The Kier molecular flexibility index (Phi) is 4.69. The smallest absolute Gasteiger partial charge is 0.156 e. The van der Waals surface area contributed by atoms with Gasteiger partial charge >= 0.3 is 0 Å². The second kappa shape index (κ2) is 6.53. The van der Waals surface area contributed by atoms with Crippen molar-refractivity contribution in [2.75, 3.05) is 13.2 Å². The largest absolute Gasteiger partial charge is 0.396 e. The van der Waals surface area contributed by atoms with Gasteiger partial charge in [-0.05, 0) is 31.9 Å². The fourth-order valence-electron chi connectivity index (χ4n) is 3.10. The lowest BCUT2D eigenvalue weighted by molar-refractivity contribution is 0.111. The second-order valence-electron chi connectivity index (χ2n) is 5.60. The van der Waals surface area contributed by atoms with Gasteiger partial charge in [0.05, 0.1) is 15.7 Å². The van der Waals surface area contributed by atoms with Gasteiger partial charge in [0.25, 0.3) is 0 Å². The predicted octanol–water partition coefficient (Wildman–Crippen LogP) is 3.38. The lowest BCUT2D eigenvalue weighted by atomic mass is 9.99. The van der Waals surface area contributed by atoms with Crippen LogP contribution in [-0.4, -0.2) is 38.6 Å². The van der Waals surface area contributed by atoms with Crippen LogP contribution in [-0.2, 0) is 6.54 Å². The molecule has 0 amide bonds. The number of aliphatic hydroxyl groups is 1. The lowest BCUT2D eigenvalue weighted by Crippen LogP contribution is -2.39. The van der Waals surface area contributed by atoms with Crippen LogP contribution in [0, 0.1) is 0 Å². The van der Waals surface area contributed by atoms with Gasteiger partial charge in [-0.1, -0.05) is 29.6 Å². The van der Waals surface area contributed by atoms with Gasteiger partial charge in [-0.25, -0.2) is 4.98 Å². The maximum absolute atomic E-state index is 9.21. The minimum atomic E-state index is 0.244. The molecule has 4 nitrogen and oxygen atoms in total. The van der Waals surface area contributed by atoms with Gasteiger partial charge in [-0.3, -0.25) is 4.90 Å². The van der Waals surface area contributed by atoms with Crippen molar-refractivity contribution < 1.29 is 5.11 Å². The third-order valence-electron chi connectivity index (χ3n) is 4.10. The van der Waals surface area contributed by atoms with Crippen LogP contribution in [0.15, 0.2) is 18.5 Å². The second-order valence-corrected chi connectivity index (χ2v) is 6.45. The number of likely N-dealkylation sites (tertiary alicyclic amines) is 1. The summed E-state index contributed by atoms with van der Waals surface area (Å²) in [5, 5.41) is 10.4. The normalized spacial score (nSPS) is 20.2. The van der Waals surface area contributed by atoms with Crippen molar-refractivity contribution in [3.63, 3.8) is 0 Å². The van der Waals surface area contributed by atoms with Gasteiger partial charge < -0.3 is 9.51 Å². The third-order valence-corrected chi connectivity index (χ3v) is 4.58. The predicted molar refractivity (Wildman–Crippen MR) is 85.0 cm³/mol. The molecule has 0 bridgehead atoms. The molecule has 0 spiro atoms. The first-order chi connectivity index (χ1) is 10.2. The van der Waals surface area contributed by atoms with Crippen molar-refractivity contribution >= 4 is 28.8 Å². The molecule has 3 heterocycles. The van der Waals surface area contributed by atoms with Crippen molar-refractivity contribution in [3.8, 4) is 0 Å². The Morgan fingerprint density at radius 2 is 2.14 bits per heavy atom. The summed E-state index contributed by atoms with van der Waals surface area (Å²) in [7, 11) is 0. The van der Waals surface area contributed by atoms with Gasteiger partial charge in [-0.2, -0.15) is 0 Å². The summed E-state index contributed by atoms with van der Waals surface area (Å²) < 4.78 is 1.88. The number of hydrogen-bond acceptors (Lipinski definition) is 3. The zero-order valence-electron chi connectivity index (χ0n) is 11.8. The van der Waals surface area contributed by atoms with E-state index in [1.54, 1.807) is 6.07 Å². The van der Waals surface area contributed by atoms with Crippen LogP contribution >= 0.6 is 23.2 Å². The quantitative estimate of drug-likeness (QED) is 0.935. The van der Waals surface area contributed by atoms with Crippen LogP contribution in [0.1, 0.15) is 31.4 Å². The lowest BCUT2D eigenvalue weighted by Gasteiger charge is -2.34. The number of halogens is 2. The van der Waals surface area contributed by atoms with E-state index in [0.717, 1.165) is 37.3 Å². The van der Waals surface area contributed by atoms with E-state index in [1.165, 1.54) is 12.8 Å². The first-order valence-electron chi connectivity index (χ1n) is 7.35. The number of aromatic nitrogens is 2. The van der Waals surface area contributed by atoms with Crippen molar-refractivity contribution in [1.82, 2.24) is 14.3 Å². The summed E-state index contributed by atoms with van der Waals surface area (Å²) in [6.45, 7) is 2.10. The monoisotopic (exact) mass is 327 g/mol. The maximum Gasteiger partial charge on any atom is 0.156 e. The van der Waals surface area contributed by atoms with Gasteiger partial charge in [0.2, 0.25) is 0 Å². The summed E-state index contributed by atoms with van der Waals surface area (Å²) in [6, 6.07) is 2.16. The highest BCUT2D eigenvalue weighted by Crippen LogP contribution is 2.24. The molecule has 1 saturated heterocycles. The minimum Gasteiger partial charge on any atom is -0.396 e. The number of piperidine rings is 1. The Morgan fingerprint density at radius 1 is 1.29 bits per heavy atom. The molecule has 0 radical (unpaired) electrons. The Hall–Kier alpha value is -0.810. The van der Waals surface area contributed by atoms with E-state index < -0.39 is 0 Å². The van der Waals surface area contributed by atoms with E-state index in [-0.39, 0.29) is 6.61 Å². The molecular formula is C15H19Cl2N3O. The SMILES string of the molecule is OCCC1CCCCN1Cc1cn2cc(Cl)cc(Cl)c2n1. The number of imidazole rings is 1. The highest BCUT2D eigenvalue weighted by atomic mass is 35.5. The Morgan fingerprint density at radius 3 is 2.95 bits per heavy atom. The number of aliphatic hydroxyl groups excluding tert-OH is 1. The summed E-state index contributed by atoms with van der Waals surface area (Å²) >= 11 is 12.2. The van der Waals surface area contributed by atoms with Crippen LogP contribution in [0.2, 0.25) is 10.0 Å². The molecule has 2 aromatic heterocycles. The van der Waals surface area contributed by atoms with E-state index in [9.17, 15) is 5.11 Å². The molecule has 6 heteroatoms. The Balaban J connectivity index is 1.82. The van der Waals surface area contributed by atoms with Gasteiger partial charge in [0, 0.05) is 31.6 Å². The van der Waals surface area contributed by atoms with Crippen LogP contribution in [0.25, 0.3) is 5.65 Å². The highest BCUT2D eigenvalue weighted by Gasteiger charge is 2.22.